The van der Waals surface area contributed by atoms with Gasteiger partial charge in [0.2, 0.25) is 21.8 Å². The van der Waals surface area contributed by atoms with Gasteiger partial charge in [0.15, 0.2) is 0 Å². The molecular formula is C13H12BrN3O4S. The predicted octanol–water partition coefficient (Wildman–Crippen LogP) is 1.50. The minimum absolute atomic E-state index is 0.0230. The standard InChI is InChI=1S/C13H12BrN3O4S/c14-9-3-1-2-8(4-9)11-6-13(21-16-11)17-7-10(5-12(17)18)22(15,19)20/h1-4,6,10H,5,7H2,(H2,15,19,20). The normalized spacial score (nSPS) is 18.9. The molecule has 116 valence electrons. The molecule has 1 aromatic heterocycles. The van der Waals surface area contributed by atoms with E-state index in [-0.39, 0.29) is 24.8 Å². The zero-order chi connectivity index (χ0) is 15.9. The number of benzene rings is 1. The number of nitrogens with zero attached hydrogens (tertiary/aromatic N) is 2. The van der Waals surface area contributed by atoms with E-state index in [1.54, 1.807) is 6.07 Å². The highest BCUT2D eigenvalue weighted by molar-refractivity contribution is 9.10. The highest BCUT2D eigenvalue weighted by atomic mass is 79.9. The van der Waals surface area contributed by atoms with Gasteiger partial charge >= 0.3 is 0 Å². The number of carbonyl (C=O) groups is 1. The summed E-state index contributed by atoms with van der Waals surface area (Å²) in [5.41, 5.74) is 1.38. The largest absolute Gasteiger partial charge is 0.338 e. The second kappa shape index (κ2) is 5.49. The van der Waals surface area contributed by atoms with E-state index >= 15 is 0 Å². The van der Waals surface area contributed by atoms with E-state index in [0.717, 1.165) is 10.0 Å². The highest BCUT2D eigenvalue weighted by Gasteiger charge is 2.38. The van der Waals surface area contributed by atoms with Gasteiger partial charge in [0.1, 0.15) is 10.9 Å². The van der Waals surface area contributed by atoms with E-state index in [1.165, 1.54) is 4.90 Å². The van der Waals surface area contributed by atoms with Crippen LogP contribution in [0.4, 0.5) is 5.88 Å². The van der Waals surface area contributed by atoms with Crippen LogP contribution in [-0.2, 0) is 14.8 Å². The molecule has 7 nitrogen and oxygen atoms in total. The van der Waals surface area contributed by atoms with Gasteiger partial charge in [-0.1, -0.05) is 33.2 Å². The fourth-order valence-corrected chi connectivity index (χ4v) is 3.42. The minimum atomic E-state index is -3.76. The molecule has 0 bridgehead atoms. The highest BCUT2D eigenvalue weighted by Crippen LogP contribution is 2.29. The van der Waals surface area contributed by atoms with Crippen molar-refractivity contribution in [2.24, 2.45) is 5.14 Å². The lowest BCUT2D eigenvalue weighted by Gasteiger charge is -2.10. The number of sulfonamides is 1. The van der Waals surface area contributed by atoms with Crippen molar-refractivity contribution in [2.75, 3.05) is 11.4 Å². The van der Waals surface area contributed by atoms with Crippen molar-refractivity contribution < 1.29 is 17.7 Å². The maximum Gasteiger partial charge on any atom is 0.234 e. The van der Waals surface area contributed by atoms with E-state index < -0.39 is 15.3 Å². The monoisotopic (exact) mass is 385 g/mol. The third kappa shape index (κ3) is 2.92. The van der Waals surface area contributed by atoms with Crippen molar-refractivity contribution >= 4 is 37.7 Å². The van der Waals surface area contributed by atoms with Crippen LogP contribution in [-0.4, -0.2) is 31.3 Å². The number of hydrogen-bond acceptors (Lipinski definition) is 5. The van der Waals surface area contributed by atoms with E-state index in [0.29, 0.717) is 5.69 Å². The van der Waals surface area contributed by atoms with Gasteiger partial charge in [-0.3, -0.25) is 9.69 Å². The van der Waals surface area contributed by atoms with Gasteiger partial charge in [-0.25, -0.2) is 13.6 Å². The second-order valence-corrected chi connectivity index (χ2v) is 7.74. The minimum Gasteiger partial charge on any atom is -0.338 e. The van der Waals surface area contributed by atoms with Crippen molar-refractivity contribution in [1.82, 2.24) is 5.16 Å². The quantitative estimate of drug-likeness (QED) is 0.861. The molecule has 1 fully saturated rings. The van der Waals surface area contributed by atoms with Crippen molar-refractivity contribution in [3.05, 3.63) is 34.8 Å². The van der Waals surface area contributed by atoms with E-state index in [4.69, 9.17) is 9.66 Å². The summed E-state index contributed by atoms with van der Waals surface area (Å²) in [5, 5.41) is 8.10. The number of anilines is 1. The molecule has 1 aliphatic heterocycles. The molecule has 0 radical (unpaired) electrons. The van der Waals surface area contributed by atoms with Crippen molar-refractivity contribution in [3.63, 3.8) is 0 Å². The average Bonchev–Trinajstić information content (AvgIpc) is 3.04. The Morgan fingerprint density at radius 2 is 2.14 bits per heavy atom. The van der Waals surface area contributed by atoms with Crippen molar-refractivity contribution in [2.45, 2.75) is 11.7 Å². The maximum absolute atomic E-state index is 11.9. The molecule has 1 unspecified atom stereocenters. The number of carbonyl (C=O) groups excluding carboxylic acids is 1. The van der Waals surface area contributed by atoms with Crippen LogP contribution in [0.3, 0.4) is 0 Å². The molecule has 3 rings (SSSR count). The first-order valence-electron chi connectivity index (χ1n) is 6.39. The van der Waals surface area contributed by atoms with Gasteiger partial charge in [0.05, 0.1) is 0 Å². The molecule has 1 aromatic carbocycles. The molecule has 0 aliphatic carbocycles. The first-order chi connectivity index (χ1) is 10.3. The fourth-order valence-electron chi connectivity index (χ4n) is 2.28. The predicted molar refractivity (Wildman–Crippen MR) is 83.5 cm³/mol. The Balaban J connectivity index is 1.87. The maximum atomic E-state index is 11.9. The Kier molecular flexibility index (Phi) is 3.79. The van der Waals surface area contributed by atoms with Gasteiger partial charge in [-0.05, 0) is 12.1 Å². The number of nitrogens with two attached hydrogens (primary N) is 1. The smallest absolute Gasteiger partial charge is 0.234 e. The Morgan fingerprint density at radius 3 is 2.77 bits per heavy atom. The molecule has 1 amide bonds. The van der Waals surface area contributed by atoms with Crippen LogP contribution in [0.2, 0.25) is 0 Å². The average molecular weight is 386 g/mol. The van der Waals surface area contributed by atoms with Gasteiger partial charge in [0.25, 0.3) is 0 Å². The molecule has 2 heterocycles. The summed E-state index contributed by atoms with van der Waals surface area (Å²) in [6, 6.07) is 9.05. The van der Waals surface area contributed by atoms with Gasteiger partial charge < -0.3 is 4.52 Å². The Morgan fingerprint density at radius 1 is 1.36 bits per heavy atom. The van der Waals surface area contributed by atoms with Crippen LogP contribution in [0.5, 0.6) is 0 Å². The number of amides is 1. The summed E-state index contributed by atoms with van der Waals surface area (Å²) in [7, 11) is -3.76. The Bertz CT molecular complexity index is 833. The lowest BCUT2D eigenvalue weighted by Crippen LogP contribution is -2.31. The number of primary sulfonamides is 1. The Labute approximate surface area is 135 Å². The lowest BCUT2D eigenvalue weighted by atomic mass is 10.1. The first-order valence-corrected chi connectivity index (χ1v) is 8.79. The van der Waals surface area contributed by atoms with Crippen LogP contribution >= 0.6 is 15.9 Å². The van der Waals surface area contributed by atoms with Crippen LogP contribution in [0.15, 0.2) is 39.3 Å². The van der Waals surface area contributed by atoms with E-state index in [9.17, 15) is 13.2 Å². The van der Waals surface area contributed by atoms with E-state index in [1.807, 2.05) is 24.3 Å². The molecular weight excluding hydrogens is 374 g/mol. The molecule has 1 atom stereocenters. The van der Waals surface area contributed by atoms with Crippen molar-refractivity contribution in [1.29, 1.82) is 0 Å². The van der Waals surface area contributed by atoms with E-state index in [2.05, 4.69) is 21.1 Å². The van der Waals surface area contributed by atoms with Gasteiger partial charge in [-0.2, -0.15) is 0 Å². The van der Waals surface area contributed by atoms with Gasteiger partial charge in [0, 0.05) is 29.1 Å². The number of aromatic nitrogens is 1. The lowest BCUT2D eigenvalue weighted by molar-refractivity contribution is -0.117. The molecule has 1 saturated heterocycles. The molecule has 2 aromatic rings. The van der Waals surface area contributed by atoms with Crippen LogP contribution in [0.25, 0.3) is 11.3 Å². The summed E-state index contributed by atoms with van der Waals surface area (Å²) in [4.78, 5) is 13.2. The Hall–Kier alpha value is -1.71. The first kappa shape index (κ1) is 15.2. The fraction of sp³-hybridized carbons (Fsp3) is 0.231. The molecule has 0 saturated carbocycles. The molecule has 2 N–H and O–H groups in total. The number of rotatable bonds is 3. The van der Waals surface area contributed by atoms with Crippen LogP contribution < -0.4 is 10.0 Å². The zero-order valence-corrected chi connectivity index (χ0v) is 13.7. The molecule has 9 heteroatoms. The molecule has 0 spiro atoms. The summed E-state index contributed by atoms with van der Waals surface area (Å²) in [5.74, 6) is -0.137. The van der Waals surface area contributed by atoms with Crippen molar-refractivity contribution in [3.8, 4) is 11.3 Å². The topological polar surface area (TPSA) is 106 Å². The van der Waals surface area contributed by atoms with Gasteiger partial charge in [-0.15, -0.1) is 0 Å². The number of halogens is 1. The SMILES string of the molecule is NS(=O)(=O)C1CC(=O)N(c2cc(-c3cccc(Br)c3)no2)C1. The zero-order valence-electron chi connectivity index (χ0n) is 11.3. The second-order valence-electron chi connectivity index (χ2n) is 4.98. The summed E-state index contributed by atoms with van der Waals surface area (Å²) >= 11 is 3.37. The van der Waals surface area contributed by atoms with Crippen LogP contribution in [0.1, 0.15) is 6.42 Å². The third-order valence-electron chi connectivity index (χ3n) is 3.44. The summed E-state index contributed by atoms with van der Waals surface area (Å²) in [6.45, 7) is -0.0230. The summed E-state index contributed by atoms with van der Waals surface area (Å²) < 4.78 is 28.8. The molecule has 1 aliphatic rings. The molecule has 22 heavy (non-hydrogen) atoms. The third-order valence-corrected chi connectivity index (χ3v) is 5.18. The number of hydrogen-bond donors (Lipinski definition) is 1. The summed E-state index contributed by atoms with van der Waals surface area (Å²) in [6.07, 6.45) is -0.147. The van der Waals surface area contributed by atoms with Crippen LogP contribution in [0, 0.1) is 0 Å².